The van der Waals surface area contributed by atoms with Crippen molar-refractivity contribution in [2.24, 2.45) is 0 Å². The van der Waals surface area contributed by atoms with Gasteiger partial charge in [-0.15, -0.1) is 0 Å². The quantitative estimate of drug-likeness (QED) is 0.563. The Morgan fingerprint density at radius 1 is 1.38 bits per heavy atom. The second-order valence-electron chi connectivity index (χ2n) is 4.48. The summed E-state index contributed by atoms with van der Waals surface area (Å²) in [6.07, 6.45) is 0. The van der Waals surface area contributed by atoms with Gasteiger partial charge in [0.25, 0.3) is 0 Å². The highest BCUT2D eigenvalue weighted by Crippen LogP contribution is 2.16. The minimum atomic E-state index is -0.512. The van der Waals surface area contributed by atoms with Crippen molar-refractivity contribution in [1.29, 1.82) is 0 Å². The van der Waals surface area contributed by atoms with Gasteiger partial charge in [-0.05, 0) is 26.8 Å². The van der Waals surface area contributed by atoms with E-state index in [0.717, 1.165) is 0 Å². The largest absolute Gasteiger partial charge is 0.456 e. The summed E-state index contributed by atoms with van der Waals surface area (Å²) in [6.45, 7) is 12.5. The summed E-state index contributed by atoms with van der Waals surface area (Å²) in [5, 5.41) is 0. The van der Waals surface area contributed by atoms with Gasteiger partial charge >= 0.3 is 5.97 Å². The molecule has 84 valence electrons. The second-order valence-corrected chi connectivity index (χ2v) is 4.48. The molecular weight excluding hydrogens is 202 g/mol. The van der Waals surface area contributed by atoms with Crippen LogP contribution in [0, 0.1) is 6.57 Å². The molecule has 0 saturated carbocycles. The van der Waals surface area contributed by atoms with Gasteiger partial charge in [-0.25, -0.2) is 11.4 Å². The molecule has 0 aliphatic rings. The van der Waals surface area contributed by atoms with E-state index in [0.29, 0.717) is 11.1 Å². The molecule has 1 aromatic rings. The Morgan fingerprint density at radius 3 is 2.56 bits per heavy atom. The monoisotopic (exact) mass is 217 g/mol. The minimum absolute atomic E-state index is 0.204. The number of benzene rings is 1. The highest BCUT2D eigenvalue weighted by atomic mass is 16.6. The van der Waals surface area contributed by atoms with Crippen molar-refractivity contribution in [2.45, 2.75) is 32.9 Å². The van der Waals surface area contributed by atoms with Gasteiger partial charge in [-0.3, -0.25) is 0 Å². The van der Waals surface area contributed by atoms with Crippen LogP contribution < -0.4 is 0 Å². The molecule has 0 N–H and O–H groups in total. The van der Waals surface area contributed by atoms with E-state index in [1.165, 1.54) is 0 Å². The molecule has 0 bridgehead atoms. The zero-order valence-corrected chi connectivity index (χ0v) is 9.78. The van der Waals surface area contributed by atoms with Gasteiger partial charge in [0.05, 0.1) is 5.56 Å². The molecule has 16 heavy (non-hydrogen) atoms. The Hall–Kier alpha value is -1.82. The molecule has 3 nitrogen and oxygen atoms in total. The smallest absolute Gasteiger partial charge is 0.339 e. The maximum Gasteiger partial charge on any atom is 0.339 e. The summed E-state index contributed by atoms with van der Waals surface area (Å²) in [5.41, 5.74) is 0.683. The van der Waals surface area contributed by atoms with Crippen LogP contribution in [-0.4, -0.2) is 11.6 Å². The number of carbonyl (C=O) groups is 1. The fourth-order valence-corrected chi connectivity index (χ4v) is 1.28. The van der Waals surface area contributed by atoms with Gasteiger partial charge in [-0.1, -0.05) is 18.2 Å². The first-order valence-corrected chi connectivity index (χ1v) is 5.08. The van der Waals surface area contributed by atoms with Gasteiger partial charge in [0, 0.05) is 5.56 Å². The maximum absolute atomic E-state index is 11.8. The highest BCUT2D eigenvalue weighted by Gasteiger charge is 2.20. The van der Waals surface area contributed by atoms with E-state index in [1.807, 2.05) is 26.8 Å². The third-order valence-electron chi connectivity index (χ3n) is 1.89. The Morgan fingerprint density at radius 2 is 2.00 bits per heavy atom. The van der Waals surface area contributed by atoms with Crippen molar-refractivity contribution in [3.8, 4) is 0 Å². The molecule has 0 saturated heterocycles. The number of carbonyl (C=O) groups excluding carboxylic acids is 1. The number of ether oxygens (including phenoxy) is 1. The van der Waals surface area contributed by atoms with E-state index in [4.69, 9.17) is 11.3 Å². The standard InChI is InChI=1S/C13H15NO2/c1-13(2,3)16-12(15)11-8-6-5-7-10(11)9-14-4/h5-8H,9H2,1-3H3. The molecule has 0 radical (unpaired) electrons. The first kappa shape index (κ1) is 12.3. The van der Waals surface area contributed by atoms with Crippen LogP contribution in [0.25, 0.3) is 4.85 Å². The minimum Gasteiger partial charge on any atom is -0.456 e. The third kappa shape index (κ3) is 3.39. The Balaban J connectivity index is 2.96. The first-order valence-electron chi connectivity index (χ1n) is 5.08. The first-order chi connectivity index (χ1) is 7.44. The average Bonchev–Trinajstić information content (AvgIpc) is 2.16. The van der Waals surface area contributed by atoms with E-state index in [9.17, 15) is 4.79 Å². The topological polar surface area (TPSA) is 30.7 Å². The van der Waals surface area contributed by atoms with Crippen molar-refractivity contribution in [2.75, 3.05) is 0 Å². The fourth-order valence-electron chi connectivity index (χ4n) is 1.28. The fraction of sp³-hybridized carbons (Fsp3) is 0.385. The molecule has 0 aliphatic heterocycles. The summed E-state index contributed by atoms with van der Waals surface area (Å²) in [7, 11) is 0. The van der Waals surface area contributed by atoms with Gasteiger partial charge < -0.3 is 9.58 Å². The zero-order chi connectivity index (χ0) is 12.2. The van der Waals surface area contributed by atoms with E-state index < -0.39 is 5.60 Å². The lowest BCUT2D eigenvalue weighted by atomic mass is 10.1. The van der Waals surface area contributed by atoms with Crippen molar-refractivity contribution in [3.05, 3.63) is 46.8 Å². The van der Waals surface area contributed by atoms with Crippen molar-refractivity contribution in [3.63, 3.8) is 0 Å². The van der Waals surface area contributed by atoms with Gasteiger partial charge in [0.15, 0.2) is 0 Å². The molecule has 0 unspecified atom stereocenters. The summed E-state index contributed by atoms with van der Waals surface area (Å²) >= 11 is 0. The van der Waals surface area contributed by atoms with Crippen LogP contribution in [0.5, 0.6) is 0 Å². The number of esters is 1. The molecule has 0 aliphatic carbocycles. The van der Waals surface area contributed by atoms with Crippen molar-refractivity contribution < 1.29 is 9.53 Å². The van der Waals surface area contributed by atoms with Gasteiger partial charge in [0.2, 0.25) is 6.54 Å². The van der Waals surface area contributed by atoms with Gasteiger partial charge in [0.1, 0.15) is 5.60 Å². The van der Waals surface area contributed by atoms with Crippen molar-refractivity contribution in [1.82, 2.24) is 0 Å². The van der Waals surface area contributed by atoms with Crippen LogP contribution in [-0.2, 0) is 11.3 Å². The average molecular weight is 217 g/mol. The summed E-state index contributed by atoms with van der Waals surface area (Å²) in [6, 6.07) is 7.05. The molecule has 0 amide bonds. The lowest BCUT2D eigenvalue weighted by Gasteiger charge is -2.19. The highest BCUT2D eigenvalue weighted by molar-refractivity contribution is 5.91. The Bertz CT molecular complexity index is 424. The third-order valence-corrected chi connectivity index (χ3v) is 1.89. The maximum atomic E-state index is 11.8. The molecule has 0 heterocycles. The van der Waals surface area contributed by atoms with Crippen LogP contribution in [0.15, 0.2) is 24.3 Å². The predicted octanol–water partition coefficient (Wildman–Crippen LogP) is 3.06. The molecule has 0 fully saturated rings. The van der Waals surface area contributed by atoms with Gasteiger partial charge in [-0.2, -0.15) is 0 Å². The van der Waals surface area contributed by atoms with E-state index in [-0.39, 0.29) is 12.5 Å². The SMILES string of the molecule is [C-]#[N+]Cc1ccccc1C(=O)OC(C)(C)C. The van der Waals surface area contributed by atoms with E-state index >= 15 is 0 Å². The molecule has 3 heteroatoms. The molecule has 1 aromatic carbocycles. The van der Waals surface area contributed by atoms with Crippen LogP contribution in [0.2, 0.25) is 0 Å². The zero-order valence-electron chi connectivity index (χ0n) is 9.78. The Kier molecular flexibility index (Phi) is 3.68. The molecule has 0 atom stereocenters. The van der Waals surface area contributed by atoms with E-state index in [2.05, 4.69) is 4.85 Å². The molecule has 0 aromatic heterocycles. The Labute approximate surface area is 95.9 Å². The molecule has 1 rings (SSSR count). The number of nitrogens with zero attached hydrogens (tertiary/aromatic N) is 1. The number of rotatable bonds is 2. The number of hydrogen-bond acceptors (Lipinski definition) is 2. The van der Waals surface area contributed by atoms with Crippen LogP contribution in [0.1, 0.15) is 36.7 Å². The summed E-state index contributed by atoms with van der Waals surface area (Å²) in [4.78, 5) is 15.1. The van der Waals surface area contributed by atoms with Crippen LogP contribution in [0.3, 0.4) is 0 Å². The van der Waals surface area contributed by atoms with Crippen LogP contribution in [0.4, 0.5) is 0 Å². The van der Waals surface area contributed by atoms with E-state index in [1.54, 1.807) is 18.2 Å². The molecule has 0 spiro atoms. The molecular formula is C13H15NO2. The van der Waals surface area contributed by atoms with Crippen LogP contribution >= 0.6 is 0 Å². The lowest BCUT2D eigenvalue weighted by molar-refractivity contribution is 0.00685. The lowest BCUT2D eigenvalue weighted by Crippen LogP contribution is -2.24. The summed E-state index contributed by atoms with van der Waals surface area (Å²) in [5.74, 6) is -0.369. The van der Waals surface area contributed by atoms with Crippen molar-refractivity contribution >= 4 is 5.97 Å². The predicted molar refractivity (Wildman–Crippen MR) is 61.9 cm³/mol. The normalized spacial score (nSPS) is 10.6. The summed E-state index contributed by atoms with van der Waals surface area (Å²) < 4.78 is 5.27. The number of hydrogen-bond donors (Lipinski definition) is 0. The second kappa shape index (κ2) is 4.80.